The monoisotopic (exact) mass is 1490 g/mol. The molecule has 12 atom stereocenters. The number of ether oxygens (including phenoxy) is 8. The summed E-state index contributed by atoms with van der Waals surface area (Å²) in [4.78, 5) is 59.5. The molecular formula is C93H114O12S2+2. The zero-order chi connectivity index (χ0) is 72.3. The molecule has 12 unspecified atom stereocenters. The molecule has 16 aliphatic rings. The van der Waals surface area contributed by atoms with Crippen molar-refractivity contribution in [3.05, 3.63) is 158 Å². The standard InChI is InChI=1S/2C46H55O6S.CH4/c2*1-30-36-18-32-16-33(19-36)23-45(30,22-32)26-43(47)51-28-49-39-12-6-8-14-41(39)53(38-10-4-3-5-11-38)42-15-9-7-13-40(42)50-29-52-44(48)27-46-24-34-17-35(25-46)21-37(20-34)31(46)2;/h2*3-15,30-37H,16-29H2,1-2H3;1H4/q2*+1;. The topological polar surface area (TPSA) is 142 Å². The highest BCUT2D eigenvalue weighted by Crippen LogP contribution is 2.68. The smallest absolute Gasteiger partial charge is 0.309 e. The summed E-state index contributed by atoms with van der Waals surface area (Å²) in [6.07, 6.45) is 27.5. The Bertz CT molecular complexity index is 3600. The lowest BCUT2D eigenvalue weighted by Gasteiger charge is -2.60. The third-order valence-electron chi connectivity index (χ3n) is 30.0. The summed E-state index contributed by atoms with van der Waals surface area (Å²) in [6, 6.07) is 52.7. The number of carbonyl (C=O) groups is 4. The quantitative estimate of drug-likeness (QED) is 0.0221. The number of benzene rings is 6. The van der Waals surface area contributed by atoms with Crippen molar-refractivity contribution in [2.75, 3.05) is 27.2 Å². The Morgan fingerprint density at radius 2 is 0.486 bits per heavy atom. The third-order valence-corrected chi connectivity index (χ3v) is 34.6. The van der Waals surface area contributed by atoms with Crippen LogP contribution in [-0.2, 0) is 59.9 Å². The van der Waals surface area contributed by atoms with E-state index in [1.807, 2.05) is 109 Å². The van der Waals surface area contributed by atoms with Gasteiger partial charge in [-0.1, -0.05) is 120 Å². The third kappa shape index (κ3) is 15.1. The molecule has 107 heavy (non-hydrogen) atoms. The molecule has 22 rings (SSSR count). The Balaban J connectivity index is 0.000000162. The highest BCUT2D eigenvalue weighted by Gasteiger charge is 2.60. The van der Waals surface area contributed by atoms with E-state index < -0.39 is 21.8 Å². The summed E-state index contributed by atoms with van der Waals surface area (Å²) < 4.78 is 48.6. The van der Waals surface area contributed by atoms with Crippen molar-refractivity contribution >= 4 is 45.7 Å². The molecule has 0 aromatic heterocycles. The second-order valence-corrected chi connectivity index (χ2v) is 39.8. The Kier molecular flexibility index (Phi) is 21.6. The highest BCUT2D eigenvalue weighted by atomic mass is 32.2. The molecule has 0 aliphatic heterocycles. The summed E-state index contributed by atoms with van der Waals surface area (Å²) >= 11 is 0. The van der Waals surface area contributed by atoms with Gasteiger partial charge >= 0.3 is 23.9 Å². The number of carbonyl (C=O) groups excluding carboxylic acids is 4. The fraction of sp³-hybridized carbons (Fsp3) is 0.570. The van der Waals surface area contributed by atoms with E-state index in [1.54, 1.807) is 0 Å². The zero-order valence-corrected chi connectivity index (χ0v) is 64.4. The molecule has 0 heterocycles. The first-order chi connectivity index (χ1) is 51.5. The van der Waals surface area contributed by atoms with Gasteiger partial charge < -0.3 is 37.9 Å². The van der Waals surface area contributed by atoms with Crippen LogP contribution in [0.5, 0.6) is 23.0 Å². The van der Waals surface area contributed by atoms with E-state index >= 15 is 0 Å². The van der Waals surface area contributed by atoms with Crippen LogP contribution in [0, 0.1) is 116 Å². The van der Waals surface area contributed by atoms with Crippen LogP contribution < -0.4 is 18.9 Å². The van der Waals surface area contributed by atoms with Gasteiger partial charge in [0.15, 0.2) is 32.8 Å². The first-order valence-corrected chi connectivity index (χ1v) is 43.1. The van der Waals surface area contributed by atoms with Crippen LogP contribution in [0.15, 0.2) is 187 Å². The van der Waals surface area contributed by atoms with Crippen molar-refractivity contribution < 1.29 is 57.1 Å². The van der Waals surface area contributed by atoms with Crippen molar-refractivity contribution in [2.24, 2.45) is 116 Å². The Hall–Kier alpha value is -6.90. The van der Waals surface area contributed by atoms with Gasteiger partial charge in [-0.25, -0.2) is 0 Å². The normalized spacial score (nSPS) is 34.8. The first-order valence-electron chi connectivity index (χ1n) is 40.6. The molecule has 0 amide bonds. The molecule has 568 valence electrons. The minimum absolute atomic E-state index is 0. The fourth-order valence-corrected chi connectivity index (χ4v) is 30.4. The van der Waals surface area contributed by atoms with Crippen molar-refractivity contribution in [1.82, 2.24) is 0 Å². The summed E-state index contributed by atoms with van der Waals surface area (Å²) in [6.45, 7) is 9.01. The number of para-hydroxylation sites is 4. The number of hydrogen-bond donors (Lipinski definition) is 0. The largest absolute Gasteiger partial charge is 0.452 e. The van der Waals surface area contributed by atoms with Gasteiger partial charge in [-0.2, -0.15) is 0 Å². The average Bonchev–Trinajstić information content (AvgIpc) is 0.744. The minimum atomic E-state index is -0.625. The van der Waals surface area contributed by atoms with Gasteiger partial charge in [0.25, 0.3) is 0 Å². The van der Waals surface area contributed by atoms with E-state index in [2.05, 4.69) is 76.2 Å². The van der Waals surface area contributed by atoms with E-state index in [9.17, 15) is 19.2 Å². The van der Waals surface area contributed by atoms with E-state index in [0.717, 1.165) is 100 Å². The maximum absolute atomic E-state index is 13.4. The fourth-order valence-electron chi connectivity index (χ4n) is 25.9. The van der Waals surface area contributed by atoms with Crippen molar-refractivity contribution in [1.29, 1.82) is 0 Å². The molecule has 16 fully saturated rings. The number of rotatable bonds is 26. The average molecular weight is 1490 g/mol. The molecule has 0 radical (unpaired) electrons. The molecule has 0 saturated heterocycles. The van der Waals surface area contributed by atoms with Gasteiger partial charge in [0, 0.05) is 0 Å². The van der Waals surface area contributed by atoms with Crippen LogP contribution in [-0.4, -0.2) is 51.0 Å². The first kappa shape index (κ1) is 74.2. The van der Waals surface area contributed by atoms with Gasteiger partial charge in [0.1, 0.15) is 21.8 Å². The van der Waals surface area contributed by atoms with Crippen LogP contribution >= 0.6 is 0 Å². The maximum atomic E-state index is 13.4. The highest BCUT2D eigenvalue weighted by molar-refractivity contribution is 7.97. The Morgan fingerprint density at radius 3 is 0.701 bits per heavy atom. The Morgan fingerprint density at radius 1 is 0.290 bits per heavy atom. The lowest BCUT2D eigenvalue weighted by Crippen LogP contribution is -2.52. The van der Waals surface area contributed by atoms with E-state index in [1.165, 1.54) is 128 Å². The zero-order valence-electron chi connectivity index (χ0n) is 62.8. The maximum Gasteiger partial charge on any atom is 0.309 e. The van der Waals surface area contributed by atoms with Crippen molar-refractivity contribution in [3.63, 3.8) is 0 Å². The van der Waals surface area contributed by atoms with Crippen LogP contribution in [0.1, 0.15) is 189 Å². The molecule has 0 spiro atoms. The van der Waals surface area contributed by atoms with Crippen LogP contribution in [0.2, 0.25) is 0 Å². The molecular weight excluding hydrogens is 1370 g/mol. The van der Waals surface area contributed by atoms with Crippen molar-refractivity contribution in [3.8, 4) is 23.0 Å². The molecule has 12 nitrogen and oxygen atoms in total. The van der Waals surface area contributed by atoms with E-state index in [-0.39, 0.29) is 80.1 Å². The van der Waals surface area contributed by atoms with Crippen LogP contribution in [0.25, 0.3) is 0 Å². The number of hydrogen-bond acceptors (Lipinski definition) is 12. The van der Waals surface area contributed by atoms with Crippen molar-refractivity contribution in [2.45, 2.75) is 219 Å². The van der Waals surface area contributed by atoms with Gasteiger partial charge in [-0.05, 0) is 318 Å². The summed E-state index contributed by atoms with van der Waals surface area (Å²) in [5, 5.41) is 0. The lowest BCUT2D eigenvalue weighted by atomic mass is 9.45. The van der Waals surface area contributed by atoms with Gasteiger partial charge in [-0.3, -0.25) is 19.2 Å². The Labute approximate surface area is 641 Å². The summed E-state index contributed by atoms with van der Waals surface area (Å²) in [5.41, 5.74) is 0.368. The lowest BCUT2D eigenvalue weighted by molar-refractivity contribution is -0.165. The van der Waals surface area contributed by atoms with E-state index in [4.69, 9.17) is 37.9 Å². The second-order valence-electron chi connectivity index (χ2n) is 35.9. The van der Waals surface area contributed by atoms with Gasteiger partial charge in [0.2, 0.25) is 46.8 Å². The summed E-state index contributed by atoms with van der Waals surface area (Å²) in [5.74, 6) is 13.7. The number of esters is 4. The predicted octanol–water partition coefficient (Wildman–Crippen LogP) is 21.1. The molecule has 0 N–H and O–H groups in total. The molecule has 14 heteroatoms. The van der Waals surface area contributed by atoms with Gasteiger partial charge in [0.05, 0.1) is 25.7 Å². The van der Waals surface area contributed by atoms with Gasteiger partial charge in [-0.15, -0.1) is 0 Å². The molecule has 6 aromatic rings. The summed E-state index contributed by atoms with van der Waals surface area (Å²) in [7, 11) is -1.25. The van der Waals surface area contributed by atoms with E-state index in [0.29, 0.717) is 72.4 Å². The van der Waals surface area contributed by atoms with Crippen LogP contribution in [0.4, 0.5) is 0 Å². The molecule has 6 aromatic carbocycles. The molecule has 16 bridgehead atoms. The second kappa shape index (κ2) is 31.1. The molecule has 16 aliphatic carbocycles. The minimum Gasteiger partial charge on any atom is -0.452 e. The SMILES string of the molecule is C.CC1C2CC3CC(C2)CC1(CC(=O)OCOc1ccccc1[S+](c1ccccc1)c1ccccc1OCOC(=O)CC12CC4CC(CC(C4)C1C)C2)C3.CC1C2CC3CC(C2)CC1(CC(=O)OCOc1ccccc1[S+](c1ccccc1)c1ccccc1OCOC(=O)CC12CC4CC(CC(C4)C1C)C2)C3. The predicted molar refractivity (Wildman–Crippen MR) is 415 cm³/mol. The van der Waals surface area contributed by atoms with Crippen LogP contribution in [0.3, 0.4) is 0 Å². The molecule has 16 saturated carbocycles.